The predicted molar refractivity (Wildman–Crippen MR) is 89.8 cm³/mol. The number of halogens is 1. The Labute approximate surface area is 142 Å². The van der Waals surface area contributed by atoms with Crippen molar-refractivity contribution in [3.8, 4) is 5.75 Å². The highest BCUT2D eigenvalue weighted by Gasteiger charge is 2.36. The number of ether oxygens (including phenoxy) is 2. The second-order valence-corrected chi connectivity index (χ2v) is 5.52. The first kappa shape index (κ1) is 19.3. The largest absolute Gasteiger partial charge is 0.493 e. The quantitative estimate of drug-likeness (QED) is 0.774. The molecule has 1 aromatic rings. The summed E-state index contributed by atoms with van der Waals surface area (Å²) in [5, 5.41) is 2.84. The molecule has 0 aliphatic heterocycles. The van der Waals surface area contributed by atoms with Crippen molar-refractivity contribution in [3.05, 3.63) is 24.3 Å². The third-order valence-electron chi connectivity index (χ3n) is 3.86. The summed E-state index contributed by atoms with van der Waals surface area (Å²) in [6, 6.07) is 6.99. The van der Waals surface area contributed by atoms with Crippen LogP contribution in [0.2, 0.25) is 0 Å². The van der Waals surface area contributed by atoms with Gasteiger partial charge in [0.15, 0.2) is 0 Å². The average molecular weight is 343 g/mol. The lowest BCUT2D eigenvalue weighted by Gasteiger charge is -2.22. The van der Waals surface area contributed by atoms with Gasteiger partial charge in [-0.15, -0.1) is 12.4 Å². The lowest BCUT2D eigenvalue weighted by Crippen LogP contribution is -2.48. The van der Waals surface area contributed by atoms with Crippen LogP contribution in [0.4, 0.5) is 5.69 Å². The van der Waals surface area contributed by atoms with Gasteiger partial charge in [-0.1, -0.05) is 12.8 Å². The van der Waals surface area contributed by atoms with Gasteiger partial charge in [0.2, 0.25) is 5.91 Å². The molecule has 1 aliphatic rings. The topological polar surface area (TPSA) is 90.6 Å². The van der Waals surface area contributed by atoms with Crippen molar-refractivity contribution in [3.63, 3.8) is 0 Å². The molecule has 0 unspecified atom stereocenters. The minimum absolute atomic E-state index is 0. The first-order valence-electron chi connectivity index (χ1n) is 7.43. The number of amides is 1. The molecule has 6 nitrogen and oxygen atoms in total. The number of carbonyl (C=O) groups is 2. The Bertz CT molecular complexity index is 527. The molecule has 0 aromatic heterocycles. The fraction of sp³-hybridized carbons (Fsp3) is 0.500. The molecule has 3 N–H and O–H groups in total. The monoisotopic (exact) mass is 342 g/mol. The standard InChI is InChI=1S/C16H22N2O4.ClH/c1-21-14(19)8-11-22-13-6-4-12(5-7-13)18-15(20)16(17)9-2-3-10-16;/h4-7H,2-3,8-11,17H2,1H3,(H,18,20);1H. The van der Waals surface area contributed by atoms with Crippen LogP contribution in [0.25, 0.3) is 0 Å². The number of nitrogens with one attached hydrogen (secondary N) is 1. The van der Waals surface area contributed by atoms with Crippen molar-refractivity contribution in [2.75, 3.05) is 19.0 Å². The zero-order valence-corrected chi connectivity index (χ0v) is 14.0. The minimum Gasteiger partial charge on any atom is -0.493 e. The summed E-state index contributed by atoms with van der Waals surface area (Å²) in [5.74, 6) is 0.184. The zero-order chi connectivity index (χ0) is 16.0. The van der Waals surface area contributed by atoms with E-state index in [0.717, 1.165) is 25.7 Å². The van der Waals surface area contributed by atoms with E-state index in [-0.39, 0.29) is 37.3 Å². The number of nitrogens with two attached hydrogens (primary N) is 1. The first-order valence-corrected chi connectivity index (χ1v) is 7.43. The van der Waals surface area contributed by atoms with Gasteiger partial charge in [-0.2, -0.15) is 0 Å². The third-order valence-corrected chi connectivity index (χ3v) is 3.86. The van der Waals surface area contributed by atoms with Crippen molar-refractivity contribution in [1.82, 2.24) is 0 Å². The summed E-state index contributed by atoms with van der Waals surface area (Å²) < 4.78 is 9.95. The second-order valence-electron chi connectivity index (χ2n) is 5.52. The van der Waals surface area contributed by atoms with Crippen LogP contribution in [0.15, 0.2) is 24.3 Å². The van der Waals surface area contributed by atoms with Gasteiger partial charge in [0.1, 0.15) is 5.75 Å². The Morgan fingerprint density at radius 2 is 1.83 bits per heavy atom. The Kier molecular flexibility index (Phi) is 7.32. The molecule has 128 valence electrons. The molecule has 1 amide bonds. The molecule has 1 aromatic carbocycles. The lowest BCUT2D eigenvalue weighted by atomic mass is 9.98. The van der Waals surface area contributed by atoms with E-state index >= 15 is 0 Å². The molecule has 0 radical (unpaired) electrons. The zero-order valence-electron chi connectivity index (χ0n) is 13.2. The Hall–Kier alpha value is -1.79. The van der Waals surface area contributed by atoms with E-state index < -0.39 is 5.54 Å². The number of carbonyl (C=O) groups excluding carboxylic acids is 2. The fourth-order valence-corrected chi connectivity index (χ4v) is 2.48. The van der Waals surface area contributed by atoms with Crippen LogP contribution >= 0.6 is 12.4 Å². The maximum atomic E-state index is 12.2. The maximum absolute atomic E-state index is 12.2. The van der Waals surface area contributed by atoms with Gasteiger partial charge >= 0.3 is 5.97 Å². The summed E-state index contributed by atoms with van der Waals surface area (Å²) in [6.45, 7) is 0.254. The van der Waals surface area contributed by atoms with E-state index in [1.54, 1.807) is 24.3 Å². The van der Waals surface area contributed by atoms with Gasteiger partial charge in [-0.25, -0.2) is 0 Å². The fourth-order valence-electron chi connectivity index (χ4n) is 2.48. The van der Waals surface area contributed by atoms with Crippen LogP contribution in [0.3, 0.4) is 0 Å². The number of hydrogen-bond donors (Lipinski definition) is 2. The molecule has 0 heterocycles. The number of esters is 1. The van der Waals surface area contributed by atoms with Gasteiger partial charge in [0.25, 0.3) is 0 Å². The molecule has 2 rings (SSSR count). The van der Waals surface area contributed by atoms with Gasteiger partial charge in [-0.3, -0.25) is 9.59 Å². The van der Waals surface area contributed by atoms with Crippen LogP contribution in [-0.4, -0.2) is 31.1 Å². The summed E-state index contributed by atoms with van der Waals surface area (Å²) in [6.07, 6.45) is 3.65. The van der Waals surface area contributed by atoms with Crippen LogP contribution in [0, 0.1) is 0 Å². The molecular weight excluding hydrogens is 320 g/mol. The SMILES string of the molecule is COC(=O)CCOc1ccc(NC(=O)C2(N)CCCC2)cc1.Cl. The van der Waals surface area contributed by atoms with E-state index in [1.165, 1.54) is 7.11 Å². The van der Waals surface area contributed by atoms with E-state index in [1.807, 2.05) is 0 Å². The molecule has 0 bridgehead atoms. The summed E-state index contributed by atoms with van der Waals surface area (Å²) in [4.78, 5) is 23.2. The Balaban J connectivity index is 0.00000264. The van der Waals surface area contributed by atoms with Crippen molar-refractivity contribution in [2.45, 2.75) is 37.6 Å². The van der Waals surface area contributed by atoms with Crippen molar-refractivity contribution < 1.29 is 19.1 Å². The maximum Gasteiger partial charge on any atom is 0.308 e. The number of hydrogen-bond acceptors (Lipinski definition) is 5. The highest BCUT2D eigenvalue weighted by atomic mass is 35.5. The molecule has 1 aliphatic carbocycles. The Morgan fingerprint density at radius 3 is 2.39 bits per heavy atom. The van der Waals surface area contributed by atoms with Crippen LogP contribution in [0.1, 0.15) is 32.1 Å². The van der Waals surface area contributed by atoms with Crippen molar-refractivity contribution >= 4 is 30.0 Å². The van der Waals surface area contributed by atoms with Crippen LogP contribution in [-0.2, 0) is 14.3 Å². The number of benzene rings is 1. The molecule has 0 atom stereocenters. The Morgan fingerprint density at radius 1 is 1.22 bits per heavy atom. The van der Waals surface area contributed by atoms with Crippen LogP contribution in [0.5, 0.6) is 5.75 Å². The van der Waals surface area contributed by atoms with Gasteiger partial charge < -0.3 is 20.5 Å². The molecular formula is C16H23ClN2O4. The summed E-state index contributed by atoms with van der Waals surface area (Å²) in [7, 11) is 1.34. The second kappa shape index (κ2) is 8.74. The molecule has 7 heteroatoms. The lowest BCUT2D eigenvalue weighted by molar-refractivity contribution is -0.141. The van der Waals surface area contributed by atoms with Crippen molar-refractivity contribution in [1.29, 1.82) is 0 Å². The summed E-state index contributed by atoms with van der Waals surface area (Å²) >= 11 is 0. The number of anilines is 1. The molecule has 0 spiro atoms. The van der Waals surface area contributed by atoms with E-state index in [2.05, 4.69) is 10.1 Å². The third kappa shape index (κ3) is 5.41. The van der Waals surface area contributed by atoms with E-state index in [0.29, 0.717) is 11.4 Å². The first-order chi connectivity index (χ1) is 10.5. The number of methoxy groups -OCH3 is 1. The predicted octanol–water partition coefficient (Wildman–Crippen LogP) is 2.26. The molecule has 1 saturated carbocycles. The summed E-state index contributed by atoms with van der Waals surface area (Å²) in [5.41, 5.74) is 6.05. The number of rotatable bonds is 6. The van der Waals surface area contributed by atoms with Crippen molar-refractivity contribution in [2.24, 2.45) is 5.73 Å². The highest BCUT2D eigenvalue weighted by molar-refractivity contribution is 5.98. The normalized spacial score (nSPS) is 15.4. The smallest absolute Gasteiger partial charge is 0.308 e. The average Bonchev–Trinajstić information content (AvgIpc) is 2.97. The van der Waals surface area contributed by atoms with Crippen LogP contribution < -0.4 is 15.8 Å². The van der Waals surface area contributed by atoms with Gasteiger partial charge in [0, 0.05) is 5.69 Å². The van der Waals surface area contributed by atoms with E-state index in [9.17, 15) is 9.59 Å². The molecule has 0 saturated heterocycles. The highest BCUT2D eigenvalue weighted by Crippen LogP contribution is 2.28. The van der Waals surface area contributed by atoms with E-state index in [4.69, 9.17) is 10.5 Å². The minimum atomic E-state index is -0.740. The molecule has 23 heavy (non-hydrogen) atoms. The molecule has 1 fully saturated rings. The van der Waals surface area contributed by atoms with Gasteiger partial charge in [-0.05, 0) is 37.1 Å². The van der Waals surface area contributed by atoms with Gasteiger partial charge in [0.05, 0.1) is 25.7 Å².